The summed E-state index contributed by atoms with van der Waals surface area (Å²) in [6.07, 6.45) is 0. The van der Waals surface area contributed by atoms with Crippen LogP contribution >= 0.6 is 0 Å². The van der Waals surface area contributed by atoms with Crippen molar-refractivity contribution in [1.29, 1.82) is 0 Å². The molecule has 2 amide bonds. The Morgan fingerprint density at radius 3 is 2.29 bits per heavy atom. The summed E-state index contributed by atoms with van der Waals surface area (Å²) in [5.74, 6) is -5.21. The molecule has 0 fully saturated rings. The van der Waals surface area contributed by atoms with E-state index in [1.807, 2.05) is 5.32 Å². The van der Waals surface area contributed by atoms with Crippen LogP contribution in [0.2, 0.25) is 0 Å². The number of hydrogen-bond acceptors (Lipinski definition) is 2. The first-order chi connectivity index (χ1) is 9.52. The van der Waals surface area contributed by atoms with Crippen LogP contribution in [0.4, 0.5) is 23.7 Å². The second-order valence-electron chi connectivity index (χ2n) is 5.33. The van der Waals surface area contributed by atoms with Gasteiger partial charge in [0, 0.05) is 17.7 Å². The van der Waals surface area contributed by atoms with Gasteiger partial charge in [0.15, 0.2) is 11.6 Å². The van der Waals surface area contributed by atoms with E-state index in [2.05, 4.69) is 0 Å². The fourth-order valence-electron chi connectivity index (χ4n) is 1.58. The number of hydrogen-bond donors (Lipinski definition) is 2. The highest BCUT2D eigenvalue weighted by Gasteiger charge is 2.29. The number of anilines is 1. The lowest BCUT2D eigenvalue weighted by molar-refractivity contribution is -0.138. The highest BCUT2D eigenvalue weighted by Crippen LogP contribution is 2.21. The molecule has 1 aromatic rings. The summed E-state index contributed by atoms with van der Waals surface area (Å²) in [6.45, 7) is 4.06. The SMILES string of the molecule is CC(C)(C)N(CC(=O)O)C(=O)Nc1cc(F)cc(F)c1F. The van der Waals surface area contributed by atoms with Gasteiger partial charge in [0.25, 0.3) is 0 Å². The van der Waals surface area contributed by atoms with E-state index in [1.165, 1.54) is 0 Å². The molecule has 0 unspecified atom stereocenters. The van der Waals surface area contributed by atoms with E-state index >= 15 is 0 Å². The molecule has 0 spiro atoms. The molecule has 2 N–H and O–H groups in total. The Hall–Kier alpha value is -2.25. The molecular formula is C13H15F3N2O3. The molecule has 1 rings (SSSR count). The fourth-order valence-corrected chi connectivity index (χ4v) is 1.58. The van der Waals surface area contributed by atoms with Crippen LogP contribution in [-0.2, 0) is 4.79 Å². The van der Waals surface area contributed by atoms with Crippen molar-refractivity contribution >= 4 is 17.7 Å². The number of benzene rings is 1. The van der Waals surface area contributed by atoms with Gasteiger partial charge in [-0.3, -0.25) is 4.79 Å². The Morgan fingerprint density at radius 1 is 1.24 bits per heavy atom. The van der Waals surface area contributed by atoms with E-state index in [9.17, 15) is 22.8 Å². The summed E-state index contributed by atoms with van der Waals surface area (Å²) < 4.78 is 39.6. The van der Waals surface area contributed by atoms with Crippen molar-refractivity contribution in [1.82, 2.24) is 4.90 Å². The van der Waals surface area contributed by atoms with Crippen LogP contribution in [0.25, 0.3) is 0 Å². The molecule has 0 aliphatic carbocycles. The molecule has 8 heteroatoms. The number of halogens is 3. The van der Waals surface area contributed by atoms with Crippen LogP contribution in [0.3, 0.4) is 0 Å². The van der Waals surface area contributed by atoms with Crippen molar-refractivity contribution in [3.05, 3.63) is 29.6 Å². The summed E-state index contributed by atoms with van der Waals surface area (Å²) >= 11 is 0. The summed E-state index contributed by atoms with van der Waals surface area (Å²) in [4.78, 5) is 23.7. The minimum Gasteiger partial charge on any atom is -0.480 e. The lowest BCUT2D eigenvalue weighted by Gasteiger charge is -2.34. The summed E-state index contributed by atoms with van der Waals surface area (Å²) in [7, 11) is 0. The molecule has 21 heavy (non-hydrogen) atoms. The second kappa shape index (κ2) is 6.02. The third-order valence-corrected chi connectivity index (χ3v) is 2.58. The quantitative estimate of drug-likeness (QED) is 0.844. The Morgan fingerprint density at radius 2 is 1.81 bits per heavy atom. The molecule has 116 valence electrons. The fraction of sp³-hybridized carbons (Fsp3) is 0.385. The number of carboxylic acids is 1. The standard InChI is InChI=1S/C13H15F3N2O3/c1-13(2,3)18(6-10(19)20)12(21)17-9-5-7(14)4-8(15)11(9)16/h4-5H,6H2,1-3H3,(H,17,21)(H,19,20). The van der Waals surface area contributed by atoms with Crippen LogP contribution in [0, 0.1) is 17.5 Å². The number of amides is 2. The molecule has 0 radical (unpaired) electrons. The van der Waals surface area contributed by atoms with E-state index in [0.717, 1.165) is 4.90 Å². The zero-order valence-corrected chi connectivity index (χ0v) is 11.7. The van der Waals surface area contributed by atoms with E-state index < -0.39 is 47.2 Å². The van der Waals surface area contributed by atoms with E-state index in [0.29, 0.717) is 12.1 Å². The maximum Gasteiger partial charge on any atom is 0.323 e. The third kappa shape index (κ3) is 4.37. The zero-order valence-electron chi connectivity index (χ0n) is 11.7. The number of nitrogens with zero attached hydrogens (tertiary/aromatic N) is 1. The van der Waals surface area contributed by atoms with Gasteiger partial charge in [-0.25, -0.2) is 18.0 Å². The summed E-state index contributed by atoms with van der Waals surface area (Å²) in [6, 6.07) is -0.0318. The number of carboxylic acid groups (broad SMARTS) is 1. The van der Waals surface area contributed by atoms with Gasteiger partial charge in [-0.05, 0) is 20.8 Å². The largest absolute Gasteiger partial charge is 0.480 e. The van der Waals surface area contributed by atoms with Gasteiger partial charge in [-0.15, -0.1) is 0 Å². The molecule has 5 nitrogen and oxygen atoms in total. The highest BCUT2D eigenvalue weighted by molar-refractivity contribution is 5.92. The number of carbonyl (C=O) groups is 2. The van der Waals surface area contributed by atoms with E-state index in [-0.39, 0.29) is 0 Å². The molecule has 0 bridgehead atoms. The Labute approximate surface area is 119 Å². The van der Waals surface area contributed by atoms with Crippen molar-refractivity contribution in [3.8, 4) is 0 Å². The minimum absolute atomic E-state index is 0.337. The van der Waals surface area contributed by atoms with Crippen molar-refractivity contribution in [2.75, 3.05) is 11.9 Å². The lowest BCUT2D eigenvalue weighted by Crippen LogP contribution is -2.50. The van der Waals surface area contributed by atoms with E-state index in [4.69, 9.17) is 5.11 Å². The second-order valence-corrected chi connectivity index (χ2v) is 5.33. The maximum absolute atomic E-state index is 13.5. The van der Waals surface area contributed by atoms with Crippen molar-refractivity contribution in [2.45, 2.75) is 26.3 Å². The van der Waals surface area contributed by atoms with Gasteiger partial charge < -0.3 is 15.3 Å². The highest BCUT2D eigenvalue weighted by atomic mass is 19.2. The maximum atomic E-state index is 13.5. The van der Waals surface area contributed by atoms with Crippen molar-refractivity contribution < 1.29 is 27.9 Å². The lowest BCUT2D eigenvalue weighted by atomic mass is 10.1. The van der Waals surface area contributed by atoms with Gasteiger partial charge in [0.05, 0.1) is 5.69 Å². The molecule has 0 aliphatic heterocycles. The summed E-state index contributed by atoms with van der Waals surface area (Å²) in [5, 5.41) is 10.8. The average molecular weight is 304 g/mol. The van der Waals surface area contributed by atoms with Gasteiger partial charge in [0.1, 0.15) is 12.4 Å². The molecule has 1 aromatic carbocycles. The first kappa shape index (κ1) is 16.8. The number of rotatable bonds is 3. The van der Waals surface area contributed by atoms with Crippen LogP contribution in [0.15, 0.2) is 12.1 Å². The Balaban J connectivity index is 3.05. The van der Waals surface area contributed by atoms with E-state index in [1.54, 1.807) is 20.8 Å². The molecule has 0 aliphatic rings. The molecule has 0 saturated carbocycles. The topological polar surface area (TPSA) is 69.6 Å². The average Bonchev–Trinajstić information content (AvgIpc) is 2.30. The monoisotopic (exact) mass is 304 g/mol. The van der Waals surface area contributed by atoms with Crippen LogP contribution < -0.4 is 5.32 Å². The number of aliphatic carboxylic acids is 1. The Bertz CT molecular complexity index is 571. The van der Waals surface area contributed by atoms with Gasteiger partial charge in [-0.1, -0.05) is 0 Å². The molecule has 0 aromatic heterocycles. The number of urea groups is 1. The van der Waals surface area contributed by atoms with Gasteiger partial charge >= 0.3 is 12.0 Å². The molecule has 0 heterocycles. The molecule has 0 atom stereocenters. The molecular weight excluding hydrogens is 289 g/mol. The van der Waals surface area contributed by atoms with Crippen molar-refractivity contribution in [2.24, 2.45) is 0 Å². The van der Waals surface area contributed by atoms with Crippen LogP contribution in [0.5, 0.6) is 0 Å². The molecule has 0 saturated heterocycles. The van der Waals surface area contributed by atoms with Crippen LogP contribution in [0.1, 0.15) is 20.8 Å². The number of carbonyl (C=O) groups excluding carboxylic acids is 1. The predicted octanol–water partition coefficient (Wildman–Crippen LogP) is 2.82. The van der Waals surface area contributed by atoms with Gasteiger partial charge in [0.2, 0.25) is 0 Å². The van der Waals surface area contributed by atoms with Crippen molar-refractivity contribution in [3.63, 3.8) is 0 Å². The van der Waals surface area contributed by atoms with Gasteiger partial charge in [-0.2, -0.15) is 0 Å². The smallest absolute Gasteiger partial charge is 0.323 e. The van der Waals surface area contributed by atoms with Crippen LogP contribution in [-0.4, -0.2) is 34.1 Å². The minimum atomic E-state index is -1.45. The number of nitrogens with one attached hydrogen (secondary N) is 1. The Kier molecular flexibility index (Phi) is 4.82. The zero-order chi connectivity index (χ0) is 16.4. The summed E-state index contributed by atoms with van der Waals surface area (Å²) in [5.41, 5.74) is -1.58. The first-order valence-corrected chi connectivity index (χ1v) is 5.97. The normalized spacial score (nSPS) is 11.1. The third-order valence-electron chi connectivity index (χ3n) is 2.58. The predicted molar refractivity (Wildman–Crippen MR) is 69.4 cm³/mol. The first-order valence-electron chi connectivity index (χ1n) is 5.97.